The van der Waals surface area contributed by atoms with Crippen LogP contribution in [0, 0.1) is 0 Å². The number of rotatable bonds is 5. The molecule has 3 nitrogen and oxygen atoms in total. The minimum absolute atomic E-state index is 0.514. The zero-order valence-corrected chi connectivity index (χ0v) is 19.8. The van der Waals surface area contributed by atoms with Gasteiger partial charge in [0.1, 0.15) is 5.01 Å². The summed E-state index contributed by atoms with van der Waals surface area (Å²) < 4.78 is 0. The molecular formula is C27H35N3S. The second-order valence-corrected chi connectivity index (χ2v) is 9.80. The third-order valence-electron chi connectivity index (χ3n) is 7.04. The summed E-state index contributed by atoms with van der Waals surface area (Å²) in [6.07, 6.45) is 11.4. The second kappa shape index (κ2) is 9.64. The molecule has 164 valence electrons. The van der Waals surface area contributed by atoms with Gasteiger partial charge in [-0.05, 0) is 56.7 Å². The standard InChI is InChI=1S/C24H29N3S.C3H6/c1-3-6-18(2)19-7-4-8-20(15-19)21-17-28-23(25-21)16-26-13-14-27-12-11-24(27)10-5-9-22(24)26;1-3-2/h3-4,6-8,15,17,22H,2,5,9-14,16H2,1H3;3H,1H2,2H3/b6-3-;. The molecule has 3 fully saturated rings. The highest BCUT2D eigenvalue weighted by molar-refractivity contribution is 7.09. The van der Waals surface area contributed by atoms with E-state index in [0.29, 0.717) is 5.54 Å². The first-order valence-corrected chi connectivity index (χ1v) is 12.4. The van der Waals surface area contributed by atoms with Crippen LogP contribution >= 0.6 is 11.3 Å². The van der Waals surface area contributed by atoms with E-state index in [1.807, 2.05) is 31.3 Å². The number of allylic oxidation sites excluding steroid dienone is 4. The quantitative estimate of drug-likeness (QED) is 0.401. The minimum Gasteiger partial charge on any atom is -0.295 e. The fourth-order valence-electron chi connectivity index (χ4n) is 5.57. The van der Waals surface area contributed by atoms with E-state index in [9.17, 15) is 0 Å². The van der Waals surface area contributed by atoms with Gasteiger partial charge < -0.3 is 0 Å². The number of thiazole rings is 1. The SMILES string of the molecule is C=C(/C=C\C)c1cccc(-c2csc(CN3CCN4CCC45CCCC35)n2)c1.C=CC. The van der Waals surface area contributed by atoms with Gasteiger partial charge in [0.2, 0.25) is 0 Å². The van der Waals surface area contributed by atoms with Crippen molar-refractivity contribution >= 4 is 16.9 Å². The third kappa shape index (κ3) is 4.34. The first kappa shape index (κ1) is 22.2. The van der Waals surface area contributed by atoms with Crippen molar-refractivity contribution in [1.29, 1.82) is 0 Å². The van der Waals surface area contributed by atoms with Gasteiger partial charge in [0.05, 0.1) is 12.2 Å². The van der Waals surface area contributed by atoms with E-state index in [2.05, 4.69) is 58.7 Å². The van der Waals surface area contributed by atoms with Crippen molar-refractivity contribution in [3.05, 3.63) is 71.6 Å². The predicted molar refractivity (Wildman–Crippen MR) is 134 cm³/mol. The van der Waals surface area contributed by atoms with E-state index < -0.39 is 0 Å². The summed E-state index contributed by atoms with van der Waals surface area (Å²) >= 11 is 1.81. The van der Waals surface area contributed by atoms with E-state index in [4.69, 9.17) is 4.98 Å². The lowest BCUT2D eigenvalue weighted by Crippen LogP contribution is -2.72. The van der Waals surface area contributed by atoms with Gasteiger partial charge in [0.15, 0.2) is 0 Å². The fraction of sp³-hybridized carbons (Fsp3) is 0.444. The molecule has 0 N–H and O–H groups in total. The van der Waals surface area contributed by atoms with Crippen LogP contribution in [0.25, 0.3) is 16.8 Å². The Balaban J connectivity index is 0.000000730. The molecule has 1 aromatic carbocycles. The number of aromatic nitrogens is 1. The molecule has 2 unspecified atom stereocenters. The van der Waals surface area contributed by atoms with E-state index in [1.165, 1.54) is 61.5 Å². The first-order chi connectivity index (χ1) is 15.1. The summed E-state index contributed by atoms with van der Waals surface area (Å²) in [6, 6.07) is 9.34. The highest BCUT2D eigenvalue weighted by atomic mass is 32.1. The molecule has 3 heterocycles. The van der Waals surface area contributed by atoms with Crippen molar-refractivity contribution in [2.24, 2.45) is 0 Å². The number of piperazine rings is 1. The van der Waals surface area contributed by atoms with Crippen molar-refractivity contribution in [2.75, 3.05) is 19.6 Å². The fourth-order valence-corrected chi connectivity index (χ4v) is 6.40. The molecule has 1 saturated carbocycles. The molecule has 3 aliphatic rings. The Morgan fingerprint density at radius 1 is 1.26 bits per heavy atom. The molecule has 1 spiro atoms. The molecule has 31 heavy (non-hydrogen) atoms. The number of hydrogen-bond donors (Lipinski definition) is 0. The average Bonchev–Trinajstić information content (AvgIpc) is 3.41. The van der Waals surface area contributed by atoms with E-state index in [0.717, 1.165) is 23.9 Å². The molecule has 2 saturated heterocycles. The molecule has 4 heteroatoms. The van der Waals surface area contributed by atoms with Crippen LogP contribution in [0.5, 0.6) is 0 Å². The van der Waals surface area contributed by atoms with Crippen LogP contribution in [0.4, 0.5) is 0 Å². The lowest BCUT2D eigenvalue weighted by molar-refractivity contribution is -0.106. The number of nitrogens with zero attached hydrogens (tertiary/aromatic N) is 3. The normalized spacial score (nSPS) is 25.3. The van der Waals surface area contributed by atoms with Gasteiger partial charge in [0, 0.05) is 42.2 Å². The van der Waals surface area contributed by atoms with E-state index >= 15 is 0 Å². The molecule has 1 aromatic heterocycles. The molecule has 5 rings (SSSR count). The Bertz CT molecular complexity index is 959. The van der Waals surface area contributed by atoms with Crippen LogP contribution in [-0.4, -0.2) is 46.0 Å². The van der Waals surface area contributed by atoms with Crippen LogP contribution in [0.1, 0.15) is 50.1 Å². The monoisotopic (exact) mass is 433 g/mol. The van der Waals surface area contributed by atoms with Gasteiger partial charge >= 0.3 is 0 Å². The number of hydrogen-bond acceptors (Lipinski definition) is 4. The molecular weight excluding hydrogens is 398 g/mol. The van der Waals surface area contributed by atoms with E-state index in [1.54, 1.807) is 6.08 Å². The Morgan fingerprint density at radius 3 is 2.84 bits per heavy atom. The van der Waals surface area contributed by atoms with E-state index in [-0.39, 0.29) is 0 Å². The Morgan fingerprint density at radius 2 is 2.10 bits per heavy atom. The summed E-state index contributed by atoms with van der Waals surface area (Å²) in [5.41, 5.74) is 5.01. The maximum atomic E-state index is 5.01. The molecule has 2 aromatic rings. The highest BCUT2D eigenvalue weighted by Gasteiger charge is 2.56. The van der Waals surface area contributed by atoms with Gasteiger partial charge in [-0.2, -0.15) is 0 Å². The minimum atomic E-state index is 0.514. The number of benzene rings is 1. The summed E-state index contributed by atoms with van der Waals surface area (Å²) in [6.45, 7) is 16.2. The summed E-state index contributed by atoms with van der Waals surface area (Å²) in [7, 11) is 0. The summed E-state index contributed by atoms with van der Waals surface area (Å²) in [4.78, 5) is 10.5. The highest BCUT2D eigenvalue weighted by Crippen LogP contribution is 2.49. The van der Waals surface area contributed by atoms with Crippen molar-refractivity contribution in [3.63, 3.8) is 0 Å². The van der Waals surface area contributed by atoms with Crippen molar-refractivity contribution in [2.45, 2.75) is 57.7 Å². The largest absolute Gasteiger partial charge is 0.295 e. The predicted octanol–water partition coefficient (Wildman–Crippen LogP) is 6.40. The molecule has 0 bridgehead atoms. The first-order valence-electron chi connectivity index (χ1n) is 11.5. The van der Waals surface area contributed by atoms with Crippen molar-refractivity contribution in [3.8, 4) is 11.3 Å². The average molecular weight is 434 g/mol. The maximum Gasteiger partial charge on any atom is 0.107 e. The van der Waals surface area contributed by atoms with Gasteiger partial charge in [0.25, 0.3) is 0 Å². The van der Waals surface area contributed by atoms with Gasteiger partial charge in [-0.25, -0.2) is 4.98 Å². The molecule has 2 atom stereocenters. The lowest BCUT2D eigenvalue weighted by Gasteiger charge is -2.60. The molecule has 0 radical (unpaired) electrons. The second-order valence-electron chi connectivity index (χ2n) is 8.86. The third-order valence-corrected chi connectivity index (χ3v) is 7.87. The maximum absolute atomic E-state index is 5.01. The van der Waals surface area contributed by atoms with Crippen molar-refractivity contribution in [1.82, 2.24) is 14.8 Å². The van der Waals surface area contributed by atoms with Crippen LogP contribution in [0.15, 0.2) is 61.0 Å². The van der Waals surface area contributed by atoms with Gasteiger partial charge in [-0.3, -0.25) is 9.80 Å². The van der Waals surface area contributed by atoms with Crippen molar-refractivity contribution < 1.29 is 0 Å². The van der Waals surface area contributed by atoms with Gasteiger partial charge in [-0.1, -0.05) is 43.0 Å². The Labute approximate surface area is 191 Å². The van der Waals surface area contributed by atoms with Crippen LogP contribution in [0.3, 0.4) is 0 Å². The molecule has 0 amide bonds. The zero-order valence-electron chi connectivity index (χ0n) is 19.0. The topological polar surface area (TPSA) is 19.4 Å². The van der Waals surface area contributed by atoms with Gasteiger partial charge in [-0.15, -0.1) is 17.9 Å². The Kier molecular flexibility index (Phi) is 6.90. The van der Waals surface area contributed by atoms with Crippen LogP contribution in [-0.2, 0) is 6.54 Å². The summed E-state index contributed by atoms with van der Waals surface area (Å²) in [5, 5.41) is 3.47. The Hall–Kier alpha value is -2.01. The van der Waals surface area contributed by atoms with Crippen LogP contribution < -0.4 is 0 Å². The lowest BCUT2D eigenvalue weighted by atomic mass is 9.77. The zero-order chi connectivity index (χ0) is 21.8. The molecule has 1 aliphatic carbocycles. The smallest absolute Gasteiger partial charge is 0.107 e. The molecule has 2 aliphatic heterocycles. The van der Waals surface area contributed by atoms with Crippen LogP contribution in [0.2, 0.25) is 0 Å². The summed E-state index contributed by atoms with van der Waals surface area (Å²) in [5.74, 6) is 0.